The molecule has 0 aliphatic carbocycles. The van der Waals surface area contributed by atoms with E-state index >= 15 is 0 Å². The van der Waals surface area contributed by atoms with Crippen LogP contribution in [0.25, 0.3) is 22.2 Å². The van der Waals surface area contributed by atoms with Crippen molar-refractivity contribution >= 4 is 28.4 Å². The lowest BCUT2D eigenvalue weighted by molar-refractivity contribution is -0.149. The van der Waals surface area contributed by atoms with Crippen LogP contribution >= 0.6 is 0 Å². The monoisotopic (exact) mass is 513 g/mol. The van der Waals surface area contributed by atoms with E-state index in [2.05, 4.69) is 48.5 Å². The Morgan fingerprint density at radius 2 is 1.79 bits per heavy atom. The highest BCUT2D eigenvalue weighted by Gasteiger charge is 2.52. The molecule has 2 aliphatic heterocycles. The molecular weight excluding hydrogens is 482 g/mol. The average Bonchev–Trinajstić information content (AvgIpc) is 3.31. The van der Waals surface area contributed by atoms with Crippen molar-refractivity contribution in [3.8, 4) is 17.0 Å². The highest BCUT2D eigenvalue weighted by Crippen LogP contribution is 2.43. The minimum Gasteiger partial charge on any atom is -0.507 e. The van der Waals surface area contributed by atoms with Crippen molar-refractivity contribution in [3.63, 3.8) is 0 Å². The quantitative estimate of drug-likeness (QED) is 0.370. The first-order chi connectivity index (χ1) is 18.4. The zero-order chi connectivity index (χ0) is 26.4. The van der Waals surface area contributed by atoms with Crippen LogP contribution in [0.1, 0.15) is 26.8 Å². The molecule has 1 unspecified atom stereocenters. The molecule has 2 aliphatic rings. The molecule has 4 aromatic rings. The number of para-hydroxylation sites is 1. The van der Waals surface area contributed by atoms with Crippen LogP contribution in [-0.2, 0) is 9.53 Å². The minimum absolute atomic E-state index is 0.0512. The first-order valence-electron chi connectivity index (χ1n) is 13.0. The Morgan fingerprint density at radius 1 is 1.03 bits per heavy atom. The molecule has 2 fully saturated rings. The third kappa shape index (κ3) is 4.19. The fourth-order valence-corrected chi connectivity index (χ4v) is 5.58. The van der Waals surface area contributed by atoms with Crippen molar-refractivity contribution in [3.05, 3.63) is 54.7 Å². The summed E-state index contributed by atoms with van der Waals surface area (Å²) in [4.78, 5) is 17.0. The fourth-order valence-electron chi connectivity index (χ4n) is 5.58. The van der Waals surface area contributed by atoms with Crippen molar-refractivity contribution in [2.24, 2.45) is 11.3 Å². The summed E-state index contributed by atoms with van der Waals surface area (Å²) in [5.41, 5.74) is 3.52. The van der Waals surface area contributed by atoms with Crippen LogP contribution in [0, 0.1) is 11.3 Å². The Hall–Kier alpha value is -4.21. The largest absolute Gasteiger partial charge is 0.507 e. The first kappa shape index (κ1) is 24.1. The smallest absolute Gasteiger partial charge is 0.331 e. The summed E-state index contributed by atoms with van der Waals surface area (Å²) in [6.45, 7) is 9.86. The molecule has 6 rings (SSSR count). The number of benzene rings is 2. The Kier molecular flexibility index (Phi) is 5.89. The van der Waals surface area contributed by atoms with E-state index in [9.17, 15) is 9.90 Å². The summed E-state index contributed by atoms with van der Waals surface area (Å²) >= 11 is 0. The number of fused-ring (bicyclic) bond motifs is 1. The SMILES string of the molecule is CCOC(=O)C(C(C)C)n1cc(N2CC3(CN(c4ccc5cc(-c6ccccc6O)nnc5c4)C3)C2)nn1. The summed E-state index contributed by atoms with van der Waals surface area (Å²) in [5.74, 6) is 0.767. The topological polar surface area (TPSA) is 110 Å². The lowest BCUT2D eigenvalue weighted by Gasteiger charge is -2.61. The fraction of sp³-hybridized carbons (Fsp3) is 0.393. The molecule has 2 aromatic heterocycles. The van der Waals surface area contributed by atoms with Gasteiger partial charge in [-0.1, -0.05) is 37.3 Å². The zero-order valence-electron chi connectivity index (χ0n) is 21.8. The van der Waals surface area contributed by atoms with Crippen LogP contribution in [0.3, 0.4) is 0 Å². The van der Waals surface area contributed by atoms with Crippen LogP contribution in [0.15, 0.2) is 54.7 Å². The lowest BCUT2D eigenvalue weighted by Crippen LogP contribution is -2.72. The van der Waals surface area contributed by atoms with E-state index in [1.165, 1.54) is 0 Å². The summed E-state index contributed by atoms with van der Waals surface area (Å²) in [6.07, 6.45) is 1.86. The molecule has 4 heterocycles. The number of carbonyl (C=O) groups excluding carboxylic acids is 1. The second kappa shape index (κ2) is 9.27. The molecule has 38 heavy (non-hydrogen) atoms. The average molecular weight is 514 g/mol. The van der Waals surface area contributed by atoms with Gasteiger partial charge in [-0.25, -0.2) is 9.48 Å². The summed E-state index contributed by atoms with van der Waals surface area (Å²) in [6, 6.07) is 14.9. The molecule has 1 N–H and O–H groups in total. The summed E-state index contributed by atoms with van der Waals surface area (Å²) < 4.78 is 6.87. The molecule has 0 saturated carbocycles. The second-order valence-corrected chi connectivity index (χ2v) is 10.7. The number of esters is 1. The van der Waals surface area contributed by atoms with Gasteiger partial charge in [-0.2, -0.15) is 0 Å². The highest BCUT2D eigenvalue weighted by atomic mass is 16.5. The van der Waals surface area contributed by atoms with E-state index in [1.807, 2.05) is 45.2 Å². The Morgan fingerprint density at radius 3 is 2.53 bits per heavy atom. The van der Waals surface area contributed by atoms with Gasteiger partial charge in [-0.05, 0) is 43.2 Å². The zero-order valence-corrected chi connectivity index (χ0v) is 21.8. The number of aromatic hydroxyl groups is 1. The third-order valence-corrected chi connectivity index (χ3v) is 7.49. The molecule has 2 saturated heterocycles. The molecule has 196 valence electrons. The lowest BCUT2D eigenvalue weighted by atomic mass is 9.72. The van der Waals surface area contributed by atoms with Gasteiger partial charge in [0.15, 0.2) is 11.9 Å². The third-order valence-electron chi connectivity index (χ3n) is 7.49. The van der Waals surface area contributed by atoms with Gasteiger partial charge in [0.2, 0.25) is 0 Å². The number of phenolic OH excluding ortho intramolecular Hbond substituents is 1. The molecule has 0 amide bonds. The van der Waals surface area contributed by atoms with Crippen LogP contribution < -0.4 is 9.80 Å². The van der Waals surface area contributed by atoms with Crippen molar-refractivity contribution in [2.45, 2.75) is 26.8 Å². The van der Waals surface area contributed by atoms with Gasteiger partial charge in [-0.15, -0.1) is 15.3 Å². The maximum Gasteiger partial charge on any atom is 0.331 e. The maximum absolute atomic E-state index is 12.4. The van der Waals surface area contributed by atoms with Crippen molar-refractivity contribution in [1.29, 1.82) is 0 Å². The molecular formula is C28H31N7O3. The standard InChI is InChI=1S/C28H31N7O3/c1-4-38-27(37)26(18(2)3)35-13-25(31-32-35)34-16-28(17-34)14-33(15-28)20-10-9-19-11-23(30-29-22(19)12-20)21-7-5-6-8-24(21)36/h5-13,18,26,36H,4,14-17H2,1-3H3. The number of anilines is 2. The van der Waals surface area contributed by atoms with Gasteiger partial charge in [0.25, 0.3) is 0 Å². The first-order valence-corrected chi connectivity index (χ1v) is 13.0. The van der Waals surface area contributed by atoms with Crippen LogP contribution in [0.4, 0.5) is 11.5 Å². The molecule has 1 spiro atoms. The number of carbonyl (C=O) groups is 1. The molecule has 0 radical (unpaired) electrons. The van der Waals surface area contributed by atoms with Crippen molar-refractivity contribution in [2.75, 3.05) is 42.6 Å². The van der Waals surface area contributed by atoms with Crippen molar-refractivity contribution < 1.29 is 14.6 Å². The number of nitrogens with zero attached hydrogens (tertiary/aromatic N) is 7. The Balaban J connectivity index is 1.09. The van der Waals surface area contributed by atoms with E-state index in [0.717, 1.165) is 48.6 Å². The molecule has 10 nitrogen and oxygen atoms in total. The summed E-state index contributed by atoms with van der Waals surface area (Å²) in [7, 11) is 0. The van der Waals surface area contributed by atoms with E-state index in [-0.39, 0.29) is 23.1 Å². The predicted octanol–water partition coefficient (Wildman–Crippen LogP) is 3.68. The highest BCUT2D eigenvalue weighted by molar-refractivity contribution is 5.85. The second-order valence-electron chi connectivity index (χ2n) is 10.7. The van der Waals surface area contributed by atoms with Gasteiger partial charge in [0.05, 0.1) is 24.0 Å². The number of hydrogen-bond donors (Lipinski definition) is 1. The van der Waals surface area contributed by atoms with E-state index in [0.29, 0.717) is 17.9 Å². The predicted molar refractivity (Wildman–Crippen MR) is 144 cm³/mol. The maximum atomic E-state index is 12.4. The number of ether oxygens (including phenoxy) is 1. The molecule has 2 aromatic carbocycles. The van der Waals surface area contributed by atoms with Gasteiger partial charge in [-0.3, -0.25) is 0 Å². The molecule has 0 bridgehead atoms. The van der Waals surface area contributed by atoms with Gasteiger partial charge in [0.1, 0.15) is 5.75 Å². The number of rotatable bonds is 7. The van der Waals surface area contributed by atoms with E-state index < -0.39 is 6.04 Å². The van der Waals surface area contributed by atoms with Gasteiger partial charge < -0.3 is 19.6 Å². The van der Waals surface area contributed by atoms with Crippen molar-refractivity contribution in [1.82, 2.24) is 25.2 Å². The molecule has 10 heteroatoms. The van der Waals surface area contributed by atoms with Gasteiger partial charge in [0, 0.05) is 48.2 Å². The molecule has 1 atom stereocenters. The Bertz CT molecular complexity index is 1490. The normalized spacial score (nSPS) is 16.9. The van der Waals surface area contributed by atoms with Gasteiger partial charge >= 0.3 is 5.97 Å². The minimum atomic E-state index is -0.476. The van der Waals surface area contributed by atoms with E-state index in [4.69, 9.17) is 4.74 Å². The van der Waals surface area contributed by atoms with E-state index in [1.54, 1.807) is 16.8 Å². The Labute approximate surface area is 220 Å². The van der Waals surface area contributed by atoms with Crippen LogP contribution in [-0.4, -0.2) is 69.1 Å². The summed E-state index contributed by atoms with van der Waals surface area (Å²) in [5, 5.41) is 28.5. The van der Waals surface area contributed by atoms with Crippen LogP contribution in [0.2, 0.25) is 0 Å². The number of hydrogen-bond acceptors (Lipinski definition) is 9. The van der Waals surface area contributed by atoms with Crippen LogP contribution in [0.5, 0.6) is 5.75 Å². The number of phenols is 1. The number of aromatic nitrogens is 5.